The van der Waals surface area contributed by atoms with Crippen LogP contribution in [0.5, 0.6) is 0 Å². The molecule has 1 aliphatic heterocycles. The number of carbonyl (C=O) groups excluding carboxylic acids is 1. The van der Waals surface area contributed by atoms with Crippen LogP contribution in [0.2, 0.25) is 0 Å². The van der Waals surface area contributed by atoms with Crippen LogP contribution in [0.15, 0.2) is 15.2 Å². The number of piperidine rings is 1. The van der Waals surface area contributed by atoms with Gasteiger partial charge in [0.2, 0.25) is 0 Å². The van der Waals surface area contributed by atoms with Crippen LogP contribution < -0.4 is 0 Å². The zero-order valence-corrected chi connectivity index (χ0v) is 11.9. The van der Waals surface area contributed by atoms with Crippen molar-refractivity contribution in [2.75, 3.05) is 19.0 Å². The molecule has 1 aliphatic rings. The maximum Gasteiger partial charge on any atom is 0.254 e. The molecule has 1 saturated heterocycles. The summed E-state index contributed by atoms with van der Waals surface area (Å²) in [6, 6.07) is 1.89. The highest BCUT2D eigenvalue weighted by molar-refractivity contribution is 9.11. The summed E-state index contributed by atoms with van der Waals surface area (Å²) in [4.78, 5) is 14.0. The molecule has 0 aromatic carbocycles. The van der Waals surface area contributed by atoms with E-state index >= 15 is 0 Å². The van der Waals surface area contributed by atoms with E-state index in [1.54, 1.807) is 11.3 Å². The Morgan fingerprint density at radius 3 is 2.75 bits per heavy atom. The number of likely N-dealkylation sites (tertiary alicyclic amines) is 1. The molecule has 5 heteroatoms. The van der Waals surface area contributed by atoms with Gasteiger partial charge in [-0.25, -0.2) is 0 Å². The maximum atomic E-state index is 12.1. The monoisotopic (exact) mass is 321 g/mol. The molecule has 0 bridgehead atoms. The molecule has 1 amide bonds. The van der Waals surface area contributed by atoms with Gasteiger partial charge in [0.05, 0.1) is 9.35 Å². The molecular formula is C11H13BrClNOS. The molecule has 0 saturated carbocycles. The van der Waals surface area contributed by atoms with Crippen LogP contribution >= 0.6 is 38.9 Å². The van der Waals surface area contributed by atoms with E-state index in [0.29, 0.717) is 11.8 Å². The molecule has 16 heavy (non-hydrogen) atoms. The van der Waals surface area contributed by atoms with E-state index in [9.17, 15) is 4.79 Å². The first-order chi connectivity index (χ1) is 7.70. The van der Waals surface area contributed by atoms with Crippen LogP contribution in [0.25, 0.3) is 0 Å². The van der Waals surface area contributed by atoms with Crippen molar-refractivity contribution < 1.29 is 4.79 Å². The van der Waals surface area contributed by atoms with Gasteiger partial charge in [0.1, 0.15) is 0 Å². The van der Waals surface area contributed by atoms with Gasteiger partial charge in [-0.3, -0.25) is 4.79 Å². The molecular weight excluding hydrogens is 310 g/mol. The van der Waals surface area contributed by atoms with Crippen molar-refractivity contribution in [1.82, 2.24) is 4.90 Å². The van der Waals surface area contributed by atoms with E-state index in [-0.39, 0.29) is 5.91 Å². The van der Waals surface area contributed by atoms with Gasteiger partial charge in [0.15, 0.2) is 0 Å². The van der Waals surface area contributed by atoms with E-state index in [4.69, 9.17) is 11.6 Å². The normalized spacial score (nSPS) is 17.8. The lowest BCUT2D eigenvalue weighted by Crippen LogP contribution is -2.38. The van der Waals surface area contributed by atoms with Crippen molar-refractivity contribution >= 4 is 44.8 Å². The molecule has 88 valence electrons. The molecule has 2 rings (SSSR count). The summed E-state index contributed by atoms with van der Waals surface area (Å²) in [5.41, 5.74) is 0.793. The van der Waals surface area contributed by atoms with Crippen molar-refractivity contribution in [3.63, 3.8) is 0 Å². The van der Waals surface area contributed by atoms with Gasteiger partial charge >= 0.3 is 0 Å². The average Bonchev–Trinajstić information content (AvgIpc) is 2.75. The molecule has 2 nitrogen and oxygen atoms in total. The van der Waals surface area contributed by atoms with Gasteiger partial charge < -0.3 is 4.90 Å². The third kappa shape index (κ3) is 2.79. The largest absolute Gasteiger partial charge is 0.339 e. The molecule has 0 unspecified atom stereocenters. The molecule has 1 fully saturated rings. The fourth-order valence-electron chi connectivity index (χ4n) is 1.90. The quantitative estimate of drug-likeness (QED) is 0.762. The zero-order chi connectivity index (χ0) is 11.5. The lowest BCUT2D eigenvalue weighted by atomic mass is 9.98. The van der Waals surface area contributed by atoms with Crippen LogP contribution in [0.1, 0.15) is 23.2 Å². The topological polar surface area (TPSA) is 20.3 Å². The van der Waals surface area contributed by atoms with Gasteiger partial charge in [0.25, 0.3) is 5.91 Å². The molecule has 2 heterocycles. The summed E-state index contributed by atoms with van der Waals surface area (Å²) in [6.07, 6.45) is 2.06. The highest BCUT2D eigenvalue weighted by atomic mass is 79.9. The zero-order valence-electron chi connectivity index (χ0n) is 8.79. The molecule has 0 atom stereocenters. The maximum absolute atomic E-state index is 12.1. The molecule has 1 aromatic rings. The Balaban J connectivity index is 1.96. The Hall–Kier alpha value is -0.0600. The van der Waals surface area contributed by atoms with E-state index < -0.39 is 0 Å². The van der Waals surface area contributed by atoms with Crippen molar-refractivity contribution in [1.29, 1.82) is 0 Å². The number of nitrogens with zero attached hydrogens (tertiary/aromatic N) is 1. The number of halogens is 2. The number of rotatable bonds is 2. The molecule has 1 aromatic heterocycles. The number of amides is 1. The molecule has 0 spiro atoms. The Morgan fingerprint density at radius 1 is 1.56 bits per heavy atom. The van der Waals surface area contributed by atoms with Crippen molar-refractivity contribution in [3.8, 4) is 0 Å². The third-order valence-corrected chi connectivity index (χ3v) is 4.88. The van der Waals surface area contributed by atoms with Gasteiger partial charge in [-0.05, 0) is 40.8 Å². The van der Waals surface area contributed by atoms with E-state index in [0.717, 1.165) is 35.3 Å². The Labute approximate surface area is 113 Å². The molecule has 0 aliphatic carbocycles. The summed E-state index contributed by atoms with van der Waals surface area (Å²) in [7, 11) is 0. The van der Waals surface area contributed by atoms with Crippen molar-refractivity contribution in [2.24, 2.45) is 5.92 Å². The van der Waals surface area contributed by atoms with Gasteiger partial charge in [-0.15, -0.1) is 22.9 Å². The Bertz CT molecular complexity index is 374. The Kier molecular flexibility index (Phi) is 4.27. The second kappa shape index (κ2) is 5.52. The van der Waals surface area contributed by atoms with Gasteiger partial charge in [0, 0.05) is 24.3 Å². The highest BCUT2D eigenvalue weighted by Gasteiger charge is 2.23. The first-order valence-electron chi connectivity index (χ1n) is 5.30. The average molecular weight is 323 g/mol. The minimum Gasteiger partial charge on any atom is -0.339 e. The van der Waals surface area contributed by atoms with E-state index in [1.165, 1.54) is 0 Å². The fourth-order valence-corrected chi connectivity index (χ4v) is 3.33. The highest BCUT2D eigenvalue weighted by Crippen LogP contribution is 2.24. The number of hydrogen-bond donors (Lipinski definition) is 0. The Morgan fingerprint density at radius 2 is 2.25 bits per heavy atom. The second-order valence-electron chi connectivity index (χ2n) is 4.03. The van der Waals surface area contributed by atoms with E-state index in [1.807, 2.05) is 16.3 Å². The summed E-state index contributed by atoms with van der Waals surface area (Å²) in [5, 5.41) is 1.90. The van der Waals surface area contributed by atoms with Crippen LogP contribution in [0, 0.1) is 5.92 Å². The van der Waals surface area contributed by atoms with Crippen LogP contribution in [-0.4, -0.2) is 29.8 Å². The van der Waals surface area contributed by atoms with Gasteiger partial charge in [-0.1, -0.05) is 0 Å². The lowest BCUT2D eigenvalue weighted by Gasteiger charge is -2.30. The molecule has 0 N–H and O–H groups in total. The van der Waals surface area contributed by atoms with Crippen LogP contribution in [0.4, 0.5) is 0 Å². The smallest absolute Gasteiger partial charge is 0.254 e. The third-order valence-electron chi connectivity index (χ3n) is 2.93. The van der Waals surface area contributed by atoms with Crippen LogP contribution in [-0.2, 0) is 0 Å². The van der Waals surface area contributed by atoms with Crippen molar-refractivity contribution in [3.05, 3.63) is 20.8 Å². The van der Waals surface area contributed by atoms with E-state index in [2.05, 4.69) is 15.9 Å². The minimum absolute atomic E-state index is 0.148. The number of hydrogen-bond acceptors (Lipinski definition) is 2. The molecule has 0 radical (unpaired) electrons. The SMILES string of the molecule is O=C(c1csc(Br)c1)N1CCC(CCl)CC1. The summed E-state index contributed by atoms with van der Waals surface area (Å²) in [6.45, 7) is 1.67. The van der Waals surface area contributed by atoms with Crippen LogP contribution in [0.3, 0.4) is 0 Å². The first kappa shape index (κ1) is 12.4. The predicted molar refractivity (Wildman–Crippen MR) is 71.4 cm³/mol. The van der Waals surface area contributed by atoms with Gasteiger partial charge in [-0.2, -0.15) is 0 Å². The summed E-state index contributed by atoms with van der Waals surface area (Å²) < 4.78 is 1.01. The second-order valence-corrected chi connectivity index (χ2v) is 6.63. The summed E-state index contributed by atoms with van der Waals surface area (Å²) in [5.74, 6) is 1.45. The number of alkyl halides is 1. The minimum atomic E-state index is 0.148. The van der Waals surface area contributed by atoms with Crippen molar-refractivity contribution in [2.45, 2.75) is 12.8 Å². The fraction of sp³-hybridized carbons (Fsp3) is 0.545. The number of carbonyl (C=O) groups is 1. The predicted octanol–water partition coefficient (Wildman–Crippen LogP) is 3.60. The standard InChI is InChI=1S/C11H13BrClNOS/c12-10-5-9(7-16-10)11(15)14-3-1-8(6-13)2-4-14/h5,7-8H,1-4,6H2. The lowest BCUT2D eigenvalue weighted by molar-refractivity contribution is 0.0699. The number of thiophene rings is 1. The summed E-state index contributed by atoms with van der Waals surface area (Å²) >= 11 is 10.7. The first-order valence-corrected chi connectivity index (χ1v) is 7.50.